The Hall–Kier alpha value is -3.42. The van der Waals surface area contributed by atoms with Gasteiger partial charge in [-0.1, -0.05) is 23.8 Å². The minimum absolute atomic E-state index is 0.112. The van der Waals surface area contributed by atoms with Crippen LogP contribution >= 0.6 is 0 Å². The highest BCUT2D eigenvalue weighted by Gasteiger charge is 2.10. The molecule has 1 N–H and O–H groups in total. The average molecular weight is 353 g/mol. The molecular weight excluding hydrogens is 334 g/mol. The number of ether oxygens (including phenoxy) is 2. The average Bonchev–Trinajstić information content (AvgIpc) is 3.14. The SMILES string of the molecule is COc1cccc(OCC(=O)NCc2nnnn2-c2ccc(C)cc2)c1. The molecule has 8 heteroatoms. The van der Waals surface area contributed by atoms with Crippen LogP contribution in [-0.2, 0) is 11.3 Å². The van der Waals surface area contributed by atoms with Crippen molar-refractivity contribution in [1.29, 1.82) is 0 Å². The lowest BCUT2D eigenvalue weighted by atomic mass is 10.2. The fourth-order valence-corrected chi connectivity index (χ4v) is 2.27. The van der Waals surface area contributed by atoms with Crippen LogP contribution in [0.25, 0.3) is 5.69 Å². The van der Waals surface area contributed by atoms with E-state index in [1.54, 1.807) is 36.1 Å². The van der Waals surface area contributed by atoms with Crippen molar-refractivity contribution >= 4 is 5.91 Å². The van der Waals surface area contributed by atoms with Gasteiger partial charge in [0.05, 0.1) is 19.3 Å². The van der Waals surface area contributed by atoms with E-state index < -0.39 is 0 Å². The molecule has 134 valence electrons. The largest absolute Gasteiger partial charge is 0.497 e. The minimum atomic E-state index is -0.272. The minimum Gasteiger partial charge on any atom is -0.497 e. The first-order valence-corrected chi connectivity index (χ1v) is 8.03. The number of aryl methyl sites for hydroxylation is 1. The van der Waals surface area contributed by atoms with Gasteiger partial charge in [-0.3, -0.25) is 4.79 Å². The number of amides is 1. The molecule has 0 unspecified atom stereocenters. The van der Waals surface area contributed by atoms with Gasteiger partial charge >= 0.3 is 0 Å². The molecule has 3 rings (SSSR count). The first-order chi connectivity index (χ1) is 12.7. The molecule has 0 saturated heterocycles. The van der Waals surface area contributed by atoms with Crippen LogP contribution in [0.15, 0.2) is 48.5 Å². The lowest BCUT2D eigenvalue weighted by Gasteiger charge is -2.09. The molecule has 0 atom stereocenters. The van der Waals surface area contributed by atoms with Crippen LogP contribution in [0.1, 0.15) is 11.4 Å². The lowest BCUT2D eigenvalue weighted by Crippen LogP contribution is -2.29. The van der Waals surface area contributed by atoms with Crippen LogP contribution in [0.2, 0.25) is 0 Å². The second kappa shape index (κ2) is 8.11. The Kier molecular flexibility index (Phi) is 5.43. The molecule has 0 bridgehead atoms. The summed E-state index contributed by atoms with van der Waals surface area (Å²) in [7, 11) is 1.57. The van der Waals surface area contributed by atoms with Gasteiger partial charge in [0.25, 0.3) is 5.91 Å². The normalized spacial score (nSPS) is 10.4. The van der Waals surface area contributed by atoms with Gasteiger partial charge in [0.1, 0.15) is 11.5 Å². The van der Waals surface area contributed by atoms with E-state index in [-0.39, 0.29) is 19.1 Å². The molecule has 0 spiro atoms. The zero-order valence-corrected chi connectivity index (χ0v) is 14.5. The number of rotatable bonds is 7. The summed E-state index contributed by atoms with van der Waals surface area (Å²) >= 11 is 0. The fourth-order valence-electron chi connectivity index (χ4n) is 2.27. The molecule has 0 fully saturated rings. The summed E-state index contributed by atoms with van der Waals surface area (Å²) in [6.45, 7) is 2.09. The standard InChI is InChI=1S/C18H19N5O3/c1-13-6-8-14(9-7-13)23-17(20-21-22-23)11-19-18(24)12-26-16-5-3-4-15(10-16)25-2/h3-10H,11-12H2,1-2H3,(H,19,24). The molecule has 0 aliphatic carbocycles. The van der Waals surface area contributed by atoms with Crippen LogP contribution in [-0.4, -0.2) is 39.8 Å². The van der Waals surface area contributed by atoms with Gasteiger partial charge in [-0.15, -0.1) is 5.10 Å². The maximum atomic E-state index is 12.0. The summed E-state index contributed by atoms with van der Waals surface area (Å²) in [5.74, 6) is 1.49. The highest BCUT2D eigenvalue weighted by molar-refractivity contribution is 5.77. The van der Waals surface area contributed by atoms with Crippen LogP contribution in [0.4, 0.5) is 0 Å². The third kappa shape index (κ3) is 4.35. The van der Waals surface area contributed by atoms with E-state index in [9.17, 15) is 4.79 Å². The van der Waals surface area contributed by atoms with E-state index in [4.69, 9.17) is 9.47 Å². The van der Waals surface area contributed by atoms with E-state index in [0.717, 1.165) is 11.3 Å². The molecule has 3 aromatic rings. The Labute approximate surface area is 150 Å². The highest BCUT2D eigenvalue weighted by atomic mass is 16.5. The number of carbonyl (C=O) groups excluding carboxylic acids is 1. The third-order valence-corrected chi connectivity index (χ3v) is 3.67. The lowest BCUT2D eigenvalue weighted by molar-refractivity contribution is -0.123. The summed E-state index contributed by atoms with van der Waals surface area (Å²) in [6.07, 6.45) is 0. The van der Waals surface area contributed by atoms with Gasteiger partial charge in [-0.25, -0.2) is 0 Å². The highest BCUT2D eigenvalue weighted by Crippen LogP contribution is 2.18. The maximum absolute atomic E-state index is 12.0. The van der Waals surface area contributed by atoms with Crippen LogP contribution in [0, 0.1) is 6.92 Å². The molecule has 0 saturated carbocycles. The van der Waals surface area contributed by atoms with Crippen molar-refractivity contribution in [3.63, 3.8) is 0 Å². The van der Waals surface area contributed by atoms with E-state index in [0.29, 0.717) is 17.3 Å². The Morgan fingerprint density at radius 1 is 1.15 bits per heavy atom. The van der Waals surface area contributed by atoms with Gasteiger partial charge in [0.15, 0.2) is 12.4 Å². The number of nitrogens with zero attached hydrogens (tertiary/aromatic N) is 4. The van der Waals surface area contributed by atoms with Crippen LogP contribution < -0.4 is 14.8 Å². The second-order valence-electron chi connectivity index (χ2n) is 5.59. The summed E-state index contributed by atoms with van der Waals surface area (Å²) in [5.41, 5.74) is 1.98. The number of benzene rings is 2. The molecule has 26 heavy (non-hydrogen) atoms. The van der Waals surface area contributed by atoms with Gasteiger partial charge in [-0.05, 0) is 41.6 Å². The van der Waals surface area contributed by atoms with Crippen molar-refractivity contribution in [3.05, 3.63) is 59.9 Å². The summed E-state index contributed by atoms with van der Waals surface area (Å²) < 4.78 is 12.2. The van der Waals surface area contributed by atoms with E-state index >= 15 is 0 Å². The number of hydrogen-bond acceptors (Lipinski definition) is 6. The molecular formula is C18H19N5O3. The van der Waals surface area contributed by atoms with Crippen molar-refractivity contribution < 1.29 is 14.3 Å². The van der Waals surface area contributed by atoms with E-state index in [2.05, 4.69) is 20.8 Å². The Morgan fingerprint density at radius 2 is 1.92 bits per heavy atom. The molecule has 8 nitrogen and oxygen atoms in total. The van der Waals surface area contributed by atoms with E-state index in [1.807, 2.05) is 31.2 Å². The van der Waals surface area contributed by atoms with Crippen molar-refractivity contribution in [2.24, 2.45) is 0 Å². The van der Waals surface area contributed by atoms with Crippen molar-refractivity contribution in [3.8, 4) is 17.2 Å². The number of nitrogens with one attached hydrogen (secondary N) is 1. The molecule has 0 radical (unpaired) electrons. The first kappa shape index (κ1) is 17.4. The van der Waals surface area contributed by atoms with Gasteiger partial charge in [0.2, 0.25) is 0 Å². The summed E-state index contributed by atoms with van der Waals surface area (Å²) in [4.78, 5) is 12.0. The Balaban J connectivity index is 1.55. The van der Waals surface area contributed by atoms with Crippen LogP contribution in [0.3, 0.4) is 0 Å². The van der Waals surface area contributed by atoms with Crippen molar-refractivity contribution in [2.45, 2.75) is 13.5 Å². The predicted octanol–water partition coefficient (Wildman–Crippen LogP) is 1.67. The quantitative estimate of drug-likeness (QED) is 0.695. The fraction of sp³-hybridized carbons (Fsp3) is 0.222. The van der Waals surface area contributed by atoms with Gasteiger partial charge < -0.3 is 14.8 Å². The Morgan fingerprint density at radius 3 is 2.69 bits per heavy atom. The zero-order chi connectivity index (χ0) is 18.4. The number of methoxy groups -OCH3 is 1. The predicted molar refractivity (Wildman–Crippen MR) is 94.2 cm³/mol. The first-order valence-electron chi connectivity index (χ1n) is 8.03. The second-order valence-corrected chi connectivity index (χ2v) is 5.59. The number of hydrogen-bond donors (Lipinski definition) is 1. The van der Waals surface area contributed by atoms with Crippen molar-refractivity contribution in [1.82, 2.24) is 25.5 Å². The maximum Gasteiger partial charge on any atom is 0.258 e. The van der Waals surface area contributed by atoms with Gasteiger partial charge in [-0.2, -0.15) is 4.68 Å². The summed E-state index contributed by atoms with van der Waals surface area (Å²) in [5, 5.41) is 14.3. The topological polar surface area (TPSA) is 91.2 Å². The van der Waals surface area contributed by atoms with Crippen LogP contribution in [0.5, 0.6) is 11.5 Å². The smallest absolute Gasteiger partial charge is 0.258 e. The number of aromatic nitrogens is 4. The molecule has 1 aromatic heterocycles. The van der Waals surface area contributed by atoms with Crippen molar-refractivity contribution in [2.75, 3.05) is 13.7 Å². The monoisotopic (exact) mass is 353 g/mol. The molecule has 0 aliphatic heterocycles. The molecule has 2 aromatic carbocycles. The third-order valence-electron chi connectivity index (χ3n) is 3.67. The molecule has 1 heterocycles. The summed E-state index contributed by atoms with van der Waals surface area (Å²) in [6, 6.07) is 14.9. The Bertz CT molecular complexity index is 877. The van der Waals surface area contributed by atoms with E-state index in [1.165, 1.54) is 0 Å². The van der Waals surface area contributed by atoms with Gasteiger partial charge in [0, 0.05) is 6.07 Å². The zero-order valence-electron chi connectivity index (χ0n) is 14.5. The number of carbonyl (C=O) groups is 1. The number of tetrazole rings is 1. The molecule has 0 aliphatic rings. The molecule has 1 amide bonds.